The highest BCUT2D eigenvalue weighted by Gasteiger charge is 2.12. The fourth-order valence-electron chi connectivity index (χ4n) is 1.08. The maximum atomic E-state index is 10.7. The van der Waals surface area contributed by atoms with E-state index in [1.54, 1.807) is 12.1 Å². The Morgan fingerprint density at radius 3 is 2.43 bits per heavy atom. The van der Waals surface area contributed by atoms with Crippen LogP contribution in [0.1, 0.15) is 24.2 Å². The summed E-state index contributed by atoms with van der Waals surface area (Å²) < 4.78 is 4.83. The van der Waals surface area contributed by atoms with Gasteiger partial charge in [-0.1, -0.05) is 29.8 Å². The molecule has 0 aromatic heterocycles. The molecule has 3 nitrogen and oxygen atoms in total. The lowest BCUT2D eigenvalue weighted by molar-refractivity contribution is -0.144. The van der Waals surface area contributed by atoms with E-state index in [4.69, 9.17) is 10.00 Å². The number of aryl methyl sites for hydroxylation is 1. The molecule has 3 heteroatoms. The Morgan fingerprint density at radius 1 is 1.43 bits per heavy atom. The summed E-state index contributed by atoms with van der Waals surface area (Å²) in [7, 11) is 0. The summed E-state index contributed by atoms with van der Waals surface area (Å²) >= 11 is 0. The Hall–Kier alpha value is -1.82. The van der Waals surface area contributed by atoms with Crippen molar-refractivity contribution < 1.29 is 9.53 Å². The lowest BCUT2D eigenvalue weighted by Crippen LogP contribution is -2.06. The lowest BCUT2D eigenvalue weighted by Gasteiger charge is -2.09. The van der Waals surface area contributed by atoms with Crippen LogP contribution in [0.2, 0.25) is 0 Å². The van der Waals surface area contributed by atoms with Gasteiger partial charge in [-0.15, -0.1) is 0 Å². The molecule has 1 rings (SSSR count). The largest absolute Gasteiger partial charge is 0.442 e. The number of benzene rings is 1. The highest BCUT2D eigenvalue weighted by molar-refractivity contribution is 5.66. The molecule has 0 N–H and O–H groups in total. The van der Waals surface area contributed by atoms with E-state index in [0.717, 1.165) is 5.56 Å². The molecule has 0 unspecified atom stereocenters. The quantitative estimate of drug-likeness (QED) is 0.669. The Kier molecular flexibility index (Phi) is 3.24. The van der Waals surface area contributed by atoms with Crippen molar-refractivity contribution in [1.82, 2.24) is 0 Å². The van der Waals surface area contributed by atoms with Gasteiger partial charge in [0.25, 0.3) is 0 Å². The second-order valence-electron chi connectivity index (χ2n) is 3.03. The zero-order chi connectivity index (χ0) is 10.6. The minimum absolute atomic E-state index is 0.447. The van der Waals surface area contributed by atoms with Crippen molar-refractivity contribution in [2.24, 2.45) is 0 Å². The number of nitrogens with zero attached hydrogens (tertiary/aromatic N) is 1. The van der Waals surface area contributed by atoms with E-state index in [0.29, 0.717) is 5.56 Å². The maximum Gasteiger partial charge on any atom is 0.304 e. The molecule has 0 saturated carbocycles. The third kappa shape index (κ3) is 2.60. The van der Waals surface area contributed by atoms with Crippen molar-refractivity contribution in [3.05, 3.63) is 35.4 Å². The van der Waals surface area contributed by atoms with Crippen LogP contribution in [0, 0.1) is 18.3 Å². The van der Waals surface area contributed by atoms with Crippen molar-refractivity contribution in [3.8, 4) is 6.07 Å². The van der Waals surface area contributed by atoms with Gasteiger partial charge in [-0.2, -0.15) is 5.26 Å². The second-order valence-corrected chi connectivity index (χ2v) is 3.03. The van der Waals surface area contributed by atoms with Crippen LogP contribution >= 0.6 is 0 Å². The smallest absolute Gasteiger partial charge is 0.304 e. The van der Waals surface area contributed by atoms with Gasteiger partial charge in [-0.3, -0.25) is 4.79 Å². The van der Waals surface area contributed by atoms with Gasteiger partial charge in [0.1, 0.15) is 6.07 Å². The average molecular weight is 189 g/mol. The van der Waals surface area contributed by atoms with Crippen molar-refractivity contribution in [2.75, 3.05) is 0 Å². The summed E-state index contributed by atoms with van der Waals surface area (Å²) in [6.45, 7) is 3.25. The van der Waals surface area contributed by atoms with Crippen molar-refractivity contribution in [2.45, 2.75) is 20.0 Å². The minimum Gasteiger partial charge on any atom is -0.442 e. The number of ether oxygens (including phenoxy) is 1. The van der Waals surface area contributed by atoms with Gasteiger partial charge in [-0.05, 0) is 6.92 Å². The van der Waals surface area contributed by atoms with Crippen LogP contribution in [-0.2, 0) is 9.53 Å². The standard InChI is InChI=1S/C11H11NO2/c1-8-3-5-10(6-4-8)11(7-12)14-9(2)13/h3-6,11H,1-2H3/t11-/m0/s1. The number of hydrogen-bond acceptors (Lipinski definition) is 3. The van der Waals surface area contributed by atoms with Crippen LogP contribution in [0.5, 0.6) is 0 Å². The van der Waals surface area contributed by atoms with E-state index in [2.05, 4.69) is 0 Å². The normalized spacial score (nSPS) is 11.5. The van der Waals surface area contributed by atoms with Gasteiger partial charge in [0, 0.05) is 12.5 Å². The molecule has 1 aromatic carbocycles. The van der Waals surface area contributed by atoms with E-state index in [9.17, 15) is 4.79 Å². The number of rotatable bonds is 2. The minimum atomic E-state index is -0.798. The SMILES string of the molecule is CC(=O)O[C@@H](C#N)c1ccc(C)cc1. The molecule has 0 amide bonds. The lowest BCUT2D eigenvalue weighted by atomic mass is 10.1. The molecule has 0 radical (unpaired) electrons. The van der Waals surface area contributed by atoms with E-state index in [1.807, 2.05) is 25.1 Å². The summed E-state index contributed by atoms with van der Waals surface area (Å²) in [6.07, 6.45) is -0.798. The third-order valence-corrected chi connectivity index (χ3v) is 1.78. The molecule has 0 saturated heterocycles. The van der Waals surface area contributed by atoms with Gasteiger partial charge in [0.15, 0.2) is 0 Å². The maximum absolute atomic E-state index is 10.7. The number of nitriles is 1. The molecular formula is C11H11NO2. The van der Waals surface area contributed by atoms with E-state index in [1.165, 1.54) is 6.92 Å². The zero-order valence-corrected chi connectivity index (χ0v) is 8.15. The average Bonchev–Trinajstić information content (AvgIpc) is 2.15. The van der Waals surface area contributed by atoms with Gasteiger partial charge in [0.05, 0.1) is 0 Å². The predicted octanol–water partition coefficient (Wildman–Crippen LogP) is 2.12. The highest BCUT2D eigenvalue weighted by Crippen LogP contribution is 2.16. The molecule has 0 aliphatic rings. The number of carbonyl (C=O) groups excluding carboxylic acids is 1. The Balaban J connectivity index is 2.85. The number of carbonyl (C=O) groups is 1. The first-order valence-corrected chi connectivity index (χ1v) is 4.27. The summed E-state index contributed by atoms with van der Waals surface area (Å²) in [5, 5.41) is 8.77. The summed E-state index contributed by atoms with van der Waals surface area (Å²) in [5.41, 5.74) is 1.81. The first kappa shape index (κ1) is 10.3. The molecular weight excluding hydrogens is 178 g/mol. The monoisotopic (exact) mass is 189 g/mol. The topological polar surface area (TPSA) is 50.1 Å². The van der Waals surface area contributed by atoms with Crippen LogP contribution in [0.15, 0.2) is 24.3 Å². The van der Waals surface area contributed by atoms with Crippen molar-refractivity contribution in [3.63, 3.8) is 0 Å². The van der Waals surface area contributed by atoms with Crippen LogP contribution < -0.4 is 0 Å². The molecule has 72 valence electrons. The van der Waals surface area contributed by atoms with Crippen molar-refractivity contribution >= 4 is 5.97 Å². The van der Waals surface area contributed by atoms with Crippen LogP contribution in [0.3, 0.4) is 0 Å². The zero-order valence-electron chi connectivity index (χ0n) is 8.15. The molecule has 0 spiro atoms. The van der Waals surface area contributed by atoms with Crippen LogP contribution in [0.4, 0.5) is 0 Å². The summed E-state index contributed by atoms with van der Waals surface area (Å²) in [6, 6.07) is 9.25. The second kappa shape index (κ2) is 4.43. The first-order valence-electron chi connectivity index (χ1n) is 4.27. The molecule has 0 aliphatic carbocycles. The predicted molar refractivity (Wildman–Crippen MR) is 51.3 cm³/mol. The van der Waals surface area contributed by atoms with E-state index < -0.39 is 12.1 Å². The Morgan fingerprint density at radius 2 is 2.00 bits per heavy atom. The molecule has 0 aliphatic heterocycles. The van der Waals surface area contributed by atoms with Crippen LogP contribution in [-0.4, -0.2) is 5.97 Å². The molecule has 0 fully saturated rings. The molecule has 1 aromatic rings. The van der Waals surface area contributed by atoms with Gasteiger partial charge < -0.3 is 4.74 Å². The van der Waals surface area contributed by atoms with Gasteiger partial charge >= 0.3 is 5.97 Å². The Labute approximate surface area is 82.9 Å². The van der Waals surface area contributed by atoms with Gasteiger partial charge in [0.2, 0.25) is 6.10 Å². The summed E-state index contributed by atoms with van der Waals surface area (Å²) in [5.74, 6) is -0.447. The fraction of sp³-hybridized carbons (Fsp3) is 0.273. The number of hydrogen-bond donors (Lipinski definition) is 0. The van der Waals surface area contributed by atoms with Crippen LogP contribution in [0.25, 0.3) is 0 Å². The Bertz CT molecular complexity index is 362. The molecule has 1 atom stereocenters. The van der Waals surface area contributed by atoms with Crippen molar-refractivity contribution in [1.29, 1.82) is 5.26 Å². The third-order valence-electron chi connectivity index (χ3n) is 1.78. The number of esters is 1. The van der Waals surface area contributed by atoms with E-state index >= 15 is 0 Å². The van der Waals surface area contributed by atoms with E-state index in [-0.39, 0.29) is 0 Å². The highest BCUT2D eigenvalue weighted by atomic mass is 16.5. The fourth-order valence-corrected chi connectivity index (χ4v) is 1.08. The van der Waals surface area contributed by atoms with Gasteiger partial charge in [-0.25, -0.2) is 0 Å². The molecule has 0 bridgehead atoms. The summed E-state index contributed by atoms with van der Waals surface area (Å²) in [4.78, 5) is 10.7. The molecule has 0 heterocycles. The first-order chi connectivity index (χ1) is 6.63. The molecule has 14 heavy (non-hydrogen) atoms.